The van der Waals surface area contributed by atoms with Gasteiger partial charge in [-0.25, -0.2) is 4.98 Å². The van der Waals surface area contributed by atoms with E-state index >= 15 is 0 Å². The van der Waals surface area contributed by atoms with E-state index in [-0.39, 0.29) is 18.6 Å². The van der Waals surface area contributed by atoms with Gasteiger partial charge in [0.15, 0.2) is 0 Å². The minimum atomic E-state index is -0.0576. The zero-order valence-corrected chi connectivity index (χ0v) is 11.4. The molecule has 2 rings (SSSR count). The molecule has 1 aromatic heterocycles. The Morgan fingerprint density at radius 3 is 3.21 bits per heavy atom. The first-order valence-electron chi connectivity index (χ1n) is 6.96. The van der Waals surface area contributed by atoms with Crippen molar-refractivity contribution in [3.05, 3.63) is 12.2 Å². The van der Waals surface area contributed by atoms with Crippen LogP contribution in [0.1, 0.15) is 38.4 Å². The van der Waals surface area contributed by atoms with Crippen LogP contribution in [0.4, 0.5) is 0 Å². The average Bonchev–Trinajstić information content (AvgIpc) is 2.90. The maximum atomic E-state index is 11.6. The normalized spacial score (nSPS) is 23.2. The first kappa shape index (κ1) is 14.0. The van der Waals surface area contributed by atoms with Crippen molar-refractivity contribution in [1.29, 1.82) is 0 Å². The van der Waals surface area contributed by atoms with Crippen molar-refractivity contribution >= 4 is 5.91 Å². The van der Waals surface area contributed by atoms with Gasteiger partial charge in [0, 0.05) is 13.0 Å². The molecule has 19 heavy (non-hydrogen) atoms. The quantitative estimate of drug-likeness (QED) is 0.807. The van der Waals surface area contributed by atoms with Gasteiger partial charge in [0.25, 0.3) is 0 Å². The fourth-order valence-electron chi connectivity index (χ4n) is 2.45. The molecular weight excluding hydrogens is 244 g/mol. The molecule has 1 aliphatic carbocycles. The number of aromatic nitrogens is 3. The van der Waals surface area contributed by atoms with Gasteiger partial charge < -0.3 is 10.1 Å². The molecule has 1 aliphatic rings. The molecule has 0 spiro atoms. The molecule has 106 valence electrons. The Morgan fingerprint density at radius 1 is 1.58 bits per heavy atom. The second-order valence-electron chi connectivity index (χ2n) is 5.24. The van der Waals surface area contributed by atoms with Gasteiger partial charge in [0.2, 0.25) is 5.91 Å². The summed E-state index contributed by atoms with van der Waals surface area (Å²) in [4.78, 5) is 15.6. The minimum Gasteiger partial charge on any atom is -0.368 e. The number of rotatable bonds is 6. The van der Waals surface area contributed by atoms with Crippen LogP contribution >= 0.6 is 0 Å². The van der Waals surface area contributed by atoms with E-state index < -0.39 is 0 Å². The third kappa shape index (κ3) is 4.98. The molecule has 1 saturated carbocycles. The summed E-state index contributed by atoms with van der Waals surface area (Å²) in [5.74, 6) is 1.44. The van der Waals surface area contributed by atoms with E-state index in [1.807, 2.05) is 0 Å². The molecule has 6 heteroatoms. The first-order chi connectivity index (χ1) is 9.24. The Hall–Kier alpha value is -1.43. The van der Waals surface area contributed by atoms with Crippen molar-refractivity contribution in [2.24, 2.45) is 5.92 Å². The predicted octanol–water partition coefficient (Wildman–Crippen LogP) is 1.06. The monoisotopic (exact) mass is 266 g/mol. The molecule has 0 unspecified atom stereocenters. The number of amides is 1. The van der Waals surface area contributed by atoms with Crippen molar-refractivity contribution in [2.75, 3.05) is 13.2 Å². The van der Waals surface area contributed by atoms with Crippen LogP contribution < -0.4 is 5.32 Å². The van der Waals surface area contributed by atoms with Crippen LogP contribution in [0, 0.1) is 5.92 Å². The van der Waals surface area contributed by atoms with Gasteiger partial charge in [-0.2, -0.15) is 5.10 Å². The molecule has 0 aromatic carbocycles. The lowest BCUT2D eigenvalue weighted by molar-refractivity contribution is -0.128. The lowest BCUT2D eigenvalue weighted by atomic mass is 9.89. The van der Waals surface area contributed by atoms with Crippen LogP contribution in [0.5, 0.6) is 0 Å². The van der Waals surface area contributed by atoms with Gasteiger partial charge in [0.05, 0.1) is 6.10 Å². The standard InChI is InChI=1S/C13H22N4O2/c1-10-3-2-4-11(7-10)19-8-13(18)14-6-5-12-15-9-16-17-12/h9-11H,2-8H2,1H3,(H,14,18)(H,15,16,17)/t10-,11+/m0/s1. The van der Waals surface area contributed by atoms with Crippen LogP contribution in [-0.2, 0) is 16.0 Å². The van der Waals surface area contributed by atoms with E-state index in [1.54, 1.807) is 0 Å². The number of nitrogens with zero attached hydrogens (tertiary/aromatic N) is 2. The molecule has 2 atom stereocenters. The van der Waals surface area contributed by atoms with Crippen molar-refractivity contribution in [2.45, 2.75) is 45.1 Å². The first-order valence-corrected chi connectivity index (χ1v) is 6.96. The summed E-state index contributed by atoms with van der Waals surface area (Å²) in [5.41, 5.74) is 0. The molecule has 0 saturated heterocycles. The van der Waals surface area contributed by atoms with Crippen molar-refractivity contribution < 1.29 is 9.53 Å². The number of H-pyrrole nitrogens is 1. The number of carbonyl (C=O) groups is 1. The van der Waals surface area contributed by atoms with E-state index in [1.165, 1.54) is 19.2 Å². The summed E-state index contributed by atoms with van der Waals surface area (Å²) >= 11 is 0. The molecule has 2 N–H and O–H groups in total. The highest BCUT2D eigenvalue weighted by Gasteiger charge is 2.19. The summed E-state index contributed by atoms with van der Waals surface area (Å²) in [6, 6.07) is 0. The number of carbonyl (C=O) groups excluding carboxylic acids is 1. The van der Waals surface area contributed by atoms with E-state index in [4.69, 9.17) is 4.74 Å². The van der Waals surface area contributed by atoms with Crippen LogP contribution in [0.2, 0.25) is 0 Å². The second kappa shape index (κ2) is 7.23. The maximum Gasteiger partial charge on any atom is 0.246 e. The highest BCUT2D eigenvalue weighted by Crippen LogP contribution is 2.25. The van der Waals surface area contributed by atoms with E-state index in [0.29, 0.717) is 18.9 Å². The molecular formula is C13H22N4O2. The average molecular weight is 266 g/mol. The number of nitrogens with one attached hydrogen (secondary N) is 2. The Morgan fingerprint density at radius 2 is 2.47 bits per heavy atom. The highest BCUT2D eigenvalue weighted by molar-refractivity contribution is 5.77. The maximum absolute atomic E-state index is 11.6. The highest BCUT2D eigenvalue weighted by atomic mass is 16.5. The van der Waals surface area contributed by atoms with Gasteiger partial charge in [-0.1, -0.05) is 19.8 Å². The Balaban J connectivity index is 1.56. The van der Waals surface area contributed by atoms with Gasteiger partial charge in [-0.05, 0) is 18.8 Å². The summed E-state index contributed by atoms with van der Waals surface area (Å²) in [6.07, 6.45) is 7.02. The van der Waals surface area contributed by atoms with Crippen LogP contribution in [0.15, 0.2) is 6.33 Å². The molecule has 0 radical (unpaired) electrons. The van der Waals surface area contributed by atoms with Crippen LogP contribution in [0.3, 0.4) is 0 Å². The van der Waals surface area contributed by atoms with Gasteiger partial charge in [-0.15, -0.1) is 0 Å². The smallest absolute Gasteiger partial charge is 0.246 e. The van der Waals surface area contributed by atoms with E-state index in [0.717, 1.165) is 18.7 Å². The summed E-state index contributed by atoms with van der Waals surface area (Å²) in [6.45, 7) is 2.96. The summed E-state index contributed by atoms with van der Waals surface area (Å²) in [7, 11) is 0. The van der Waals surface area contributed by atoms with Gasteiger partial charge in [-0.3, -0.25) is 9.89 Å². The van der Waals surface area contributed by atoms with Crippen LogP contribution in [0.25, 0.3) is 0 Å². The Labute approximate surface area is 113 Å². The number of aromatic amines is 1. The number of hydrogen-bond donors (Lipinski definition) is 2. The second-order valence-corrected chi connectivity index (χ2v) is 5.24. The van der Waals surface area contributed by atoms with Crippen molar-refractivity contribution in [1.82, 2.24) is 20.5 Å². The van der Waals surface area contributed by atoms with Crippen LogP contribution in [-0.4, -0.2) is 40.3 Å². The molecule has 0 bridgehead atoms. The molecule has 6 nitrogen and oxygen atoms in total. The van der Waals surface area contributed by atoms with Gasteiger partial charge >= 0.3 is 0 Å². The lowest BCUT2D eigenvalue weighted by Gasteiger charge is -2.26. The number of hydrogen-bond acceptors (Lipinski definition) is 4. The minimum absolute atomic E-state index is 0.0576. The molecule has 1 aromatic rings. The molecule has 0 aliphatic heterocycles. The SMILES string of the molecule is C[C@H]1CCC[C@@H](OCC(=O)NCCc2ncn[nH]2)C1. The van der Waals surface area contributed by atoms with E-state index in [9.17, 15) is 4.79 Å². The van der Waals surface area contributed by atoms with E-state index in [2.05, 4.69) is 27.4 Å². The lowest BCUT2D eigenvalue weighted by Crippen LogP contribution is -2.32. The molecule has 1 heterocycles. The van der Waals surface area contributed by atoms with Gasteiger partial charge in [0.1, 0.15) is 18.8 Å². The summed E-state index contributed by atoms with van der Waals surface area (Å²) < 4.78 is 5.66. The Kier molecular flexibility index (Phi) is 5.32. The number of ether oxygens (including phenoxy) is 1. The van der Waals surface area contributed by atoms with Crippen molar-refractivity contribution in [3.63, 3.8) is 0 Å². The zero-order chi connectivity index (χ0) is 13.5. The third-order valence-corrected chi connectivity index (χ3v) is 3.49. The summed E-state index contributed by atoms with van der Waals surface area (Å²) in [5, 5.41) is 9.33. The fourth-order valence-corrected chi connectivity index (χ4v) is 2.45. The zero-order valence-electron chi connectivity index (χ0n) is 11.4. The largest absolute Gasteiger partial charge is 0.368 e. The Bertz CT molecular complexity index is 380. The predicted molar refractivity (Wildman–Crippen MR) is 70.5 cm³/mol. The molecule has 1 amide bonds. The fraction of sp³-hybridized carbons (Fsp3) is 0.769. The molecule has 1 fully saturated rings. The third-order valence-electron chi connectivity index (χ3n) is 3.49. The van der Waals surface area contributed by atoms with Crippen molar-refractivity contribution in [3.8, 4) is 0 Å². The topological polar surface area (TPSA) is 79.9 Å².